The molecule has 0 fully saturated rings. The molecule has 0 saturated carbocycles. The highest BCUT2D eigenvalue weighted by molar-refractivity contribution is 5.97. The number of unbranched alkanes of at least 4 members (excludes halogenated alkanes) is 3. The first kappa shape index (κ1) is 21.5. The summed E-state index contributed by atoms with van der Waals surface area (Å²) in [6.07, 6.45) is 7.04. The molecule has 1 N–H and O–H groups in total. The molecule has 4 nitrogen and oxygen atoms in total. The maximum atomic E-state index is 12.8. The predicted molar refractivity (Wildman–Crippen MR) is 104 cm³/mol. The average molecular weight is 350 g/mol. The second-order valence-corrected chi connectivity index (χ2v) is 6.72. The van der Waals surface area contributed by atoms with Crippen molar-refractivity contribution in [3.8, 4) is 5.75 Å². The van der Waals surface area contributed by atoms with Gasteiger partial charge >= 0.3 is 0 Å². The Bertz CT molecular complexity index is 486. The zero-order chi connectivity index (χ0) is 18.5. The van der Waals surface area contributed by atoms with Crippen LogP contribution < -0.4 is 10.1 Å². The molecule has 0 aliphatic heterocycles. The van der Waals surface area contributed by atoms with Crippen molar-refractivity contribution in [2.75, 3.05) is 18.5 Å². The average Bonchev–Trinajstić information content (AvgIpc) is 2.62. The van der Waals surface area contributed by atoms with Crippen LogP contribution in [0.3, 0.4) is 0 Å². The molecule has 0 aromatic heterocycles. The normalized spacial score (nSPS) is 13.3. The number of amides is 1. The molecule has 1 aromatic rings. The van der Waals surface area contributed by atoms with E-state index in [4.69, 9.17) is 9.47 Å². The van der Waals surface area contributed by atoms with Gasteiger partial charge in [0.05, 0.1) is 6.61 Å². The van der Waals surface area contributed by atoms with Crippen LogP contribution in [0.4, 0.5) is 5.69 Å². The fourth-order valence-electron chi connectivity index (χ4n) is 2.52. The number of rotatable bonds is 13. The summed E-state index contributed by atoms with van der Waals surface area (Å²) in [4.78, 5) is 12.8. The first-order valence-electron chi connectivity index (χ1n) is 9.74. The molecular formula is C21H35NO3. The lowest BCUT2D eigenvalue weighted by molar-refractivity contribution is -0.140. The fraction of sp³-hybridized carbons (Fsp3) is 0.667. The van der Waals surface area contributed by atoms with Gasteiger partial charge in [-0.25, -0.2) is 0 Å². The summed E-state index contributed by atoms with van der Waals surface area (Å²) < 4.78 is 11.6. The fourth-order valence-corrected chi connectivity index (χ4v) is 2.52. The van der Waals surface area contributed by atoms with Crippen molar-refractivity contribution in [3.63, 3.8) is 0 Å². The lowest BCUT2D eigenvalue weighted by Gasteiger charge is -2.28. The summed E-state index contributed by atoms with van der Waals surface area (Å²) in [5.74, 6) is 0.760. The SMILES string of the molecule is CCCCC[C@](C)(OCCC)C(=O)Nc1ccc(OCCCC)cc1. The molecule has 142 valence electrons. The number of nitrogens with one attached hydrogen (secondary N) is 1. The largest absolute Gasteiger partial charge is 0.494 e. The van der Waals surface area contributed by atoms with Crippen LogP contribution in [0.2, 0.25) is 0 Å². The quantitative estimate of drug-likeness (QED) is 0.474. The molecule has 1 aromatic carbocycles. The molecule has 0 unspecified atom stereocenters. The van der Waals surface area contributed by atoms with Crippen molar-refractivity contribution >= 4 is 11.6 Å². The third-order valence-corrected chi connectivity index (χ3v) is 4.24. The Labute approximate surface area is 153 Å². The van der Waals surface area contributed by atoms with Gasteiger partial charge in [-0.05, 0) is 50.5 Å². The molecule has 25 heavy (non-hydrogen) atoms. The Morgan fingerprint density at radius 3 is 2.24 bits per heavy atom. The van der Waals surface area contributed by atoms with Crippen LogP contribution in [0, 0.1) is 0 Å². The highest BCUT2D eigenvalue weighted by atomic mass is 16.5. The van der Waals surface area contributed by atoms with Crippen LogP contribution >= 0.6 is 0 Å². The van der Waals surface area contributed by atoms with Crippen LogP contribution in [0.15, 0.2) is 24.3 Å². The zero-order valence-electron chi connectivity index (χ0n) is 16.4. The lowest BCUT2D eigenvalue weighted by atomic mass is 9.96. The van der Waals surface area contributed by atoms with Crippen LogP contribution in [0.1, 0.15) is 72.6 Å². The maximum absolute atomic E-state index is 12.8. The number of benzene rings is 1. The van der Waals surface area contributed by atoms with E-state index in [0.29, 0.717) is 6.61 Å². The first-order valence-corrected chi connectivity index (χ1v) is 9.74. The van der Waals surface area contributed by atoms with E-state index in [-0.39, 0.29) is 5.91 Å². The molecule has 0 aliphatic rings. The lowest BCUT2D eigenvalue weighted by Crippen LogP contribution is -2.43. The Balaban J connectivity index is 2.64. The van der Waals surface area contributed by atoms with Gasteiger partial charge in [-0.2, -0.15) is 0 Å². The van der Waals surface area contributed by atoms with E-state index in [1.165, 1.54) is 0 Å². The standard InChI is InChI=1S/C21H35NO3/c1-5-8-10-15-21(4,25-16-7-3)20(23)22-18-11-13-19(14-12-18)24-17-9-6-2/h11-14H,5-10,15-17H2,1-4H3,(H,22,23)/t21-/m0/s1. The minimum Gasteiger partial charge on any atom is -0.494 e. The van der Waals surface area contributed by atoms with E-state index in [0.717, 1.165) is 63.0 Å². The van der Waals surface area contributed by atoms with Crippen molar-refractivity contribution in [1.29, 1.82) is 0 Å². The maximum Gasteiger partial charge on any atom is 0.256 e. The van der Waals surface area contributed by atoms with Crippen molar-refractivity contribution in [2.24, 2.45) is 0 Å². The van der Waals surface area contributed by atoms with Gasteiger partial charge in [0.15, 0.2) is 0 Å². The van der Waals surface area contributed by atoms with Crippen LogP contribution in [-0.4, -0.2) is 24.7 Å². The Hall–Kier alpha value is -1.55. The molecule has 1 atom stereocenters. The summed E-state index contributed by atoms with van der Waals surface area (Å²) in [6, 6.07) is 7.55. The molecule has 0 heterocycles. The number of anilines is 1. The van der Waals surface area contributed by atoms with Gasteiger partial charge in [-0.1, -0.05) is 46.5 Å². The Morgan fingerprint density at radius 2 is 1.64 bits per heavy atom. The van der Waals surface area contributed by atoms with E-state index in [1.807, 2.05) is 31.2 Å². The van der Waals surface area contributed by atoms with Crippen molar-refractivity contribution < 1.29 is 14.3 Å². The second kappa shape index (κ2) is 11.9. The van der Waals surface area contributed by atoms with E-state index < -0.39 is 5.60 Å². The summed E-state index contributed by atoms with van der Waals surface area (Å²) in [5, 5.41) is 2.99. The minimum absolute atomic E-state index is 0.0725. The molecule has 0 saturated heterocycles. The zero-order valence-corrected chi connectivity index (χ0v) is 16.4. The van der Waals surface area contributed by atoms with Crippen molar-refractivity contribution in [3.05, 3.63) is 24.3 Å². The Kier molecular flexibility index (Phi) is 10.2. The monoisotopic (exact) mass is 349 g/mol. The van der Waals surface area contributed by atoms with Gasteiger partial charge in [-0.15, -0.1) is 0 Å². The second-order valence-electron chi connectivity index (χ2n) is 6.72. The smallest absolute Gasteiger partial charge is 0.256 e. The van der Waals surface area contributed by atoms with E-state index in [1.54, 1.807) is 0 Å². The van der Waals surface area contributed by atoms with E-state index >= 15 is 0 Å². The third-order valence-electron chi connectivity index (χ3n) is 4.24. The van der Waals surface area contributed by atoms with Crippen LogP contribution in [0.5, 0.6) is 5.75 Å². The van der Waals surface area contributed by atoms with Crippen molar-refractivity contribution in [2.45, 2.75) is 78.2 Å². The summed E-state index contributed by atoms with van der Waals surface area (Å²) in [7, 11) is 0. The van der Waals surface area contributed by atoms with Crippen LogP contribution in [0.25, 0.3) is 0 Å². The topological polar surface area (TPSA) is 47.6 Å². The summed E-state index contributed by atoms with van der Waals surface area (Å²) in [6.45, 7) is 9.58. The minimum atomic E-state index is -0.776. The highest BCUT2D eigenvalue weighted by Crippen LogP contribution is 2.23. The summed E-state index contributed by atoms with van der Waals surface area (Å²) in [5.41, 5.74) is -0.00348. The highest BCUT2D eigenvalue weighted by Gasteiger charge is 2.33. The van der Waals surface area contributed by atoms with Crippen molar-refractivity contribution in [1.82, 2.24) is 0 Å². The van der Waals surface area contributed by atoms with Gasteiger partial charge in [0, 0.05) is 12.3 Å². The molecule has 1 amide bonds. The number of carbonyl (C=O) groups is 1. The van der Waals surface area contributed by atoms with Gasteiger partial charge in [0.25, 0.3) is 5.91 Å². The molecule has 0 radical (unpaired) electrons. The molecule has 1 rings (SSSR count). The first-order chi connectivity index (χ1) is 12.1. The number of ether oxygens (including phenoxy) is 2. The van der Waals surface area contributed by atoms with E-state index in [9.17, 15) is 4.79 Å². The van der Waals surface area contributed by atoms with Gasteiger partial charge in [-0.3, -0.25) is 4.79 Å². The van der Waals surface area contributed by atoms with Gasteiger partial charge in [0.1, 0.15) is 11.4 Å². The predicted octanol–water partition coefficient (Wildman–Crippen LogP) is 5.57. The molecule has 0 aliphatic carbocycles. The molecule has 0 spiro atoms. The molecule has 0 bridgehead atoms. The Morgan fingerprint density at radius 1 is 0.960 bits per heavy atom. The van der Waals surface area contributed by atoms with Gasteiger partial charge < -0.3 is 14.8 Å². The number of hydrogen-bond donors (Lipinski definition) is 1. The third kappa shape index (κ3) is 7.91. The molecule has 4 heteroatoms. The van der Waals surface area contributed by atoms with Crippen LogP contribution in [-0.2, 0) is 9.53 Å². The summed E-state index contributed by atoms with van der Waals surface area (Å²) >= 11 is 0. The number of hydrogen-bond acceptors (Lipinski definition) is 3. The number of carbonyl (C=O) groups excluding carboxylic acids is 1. The molecular weight excluding hydrogens is 314 g/mol. The van der Waals surface area contributed by atoms with Gasteiger partial charge in [0.2, 0.25) is 0 Å². The van der Waals surface area contributed by atoms with E-state index in [2.05, 4.69) is 26.1 Å².